The van der Waals surface area contributed by atoms with Gasteiger partial charge in [0.25, 0.3) is 0 Å². The van der Waals surface area contributed by atoms with E-state index in [4.69, 9.17) is 0 Å². The van der Waals surface area contributed by atoms with Crippen molar-refractivity contribution in [2.75, 3.05) is 5.32 Å². The number of carbonyl (C=O) groups excluding carboxylic acids is 1. The predicted molar refractivity (Wildman–Crippen MR) is 101 cm³/mol. The summed E-state index contributed by atoms with van der Waals surface area (Å²) in [7, 11) is 0. The van der Waals surface area contributed by atoms with E-state index in [0.29, 0.717) is 5.69 Å². The molecule has 5 atom stereocenters. The zero-order valence-electron chi connectivity index (χ0n) is 14.0. The molecule has 2 aliphatic carbocycles. The number of rotatable bonds is 3. The second-order valence-electron chi connectivity index (χ2n) is 7.82. The number of anilines is 1. The van der Waals surface area contributed by atoms with Crippen molar-refractivity contribution in [1.29, 1.82) is 0 Å². The Morgan fingerprint density at radius 2 is 1.58 bits per heavy atom. The third kappa shape index (κ3) is 2.98. The van der Waals surface area contributed by atoms with Crippen LogP contribution in [0.1, 0.15) is 20.8 Å². The van der Waals surface area contributed by atoms with E-state index >= 15 is 0 Å². The lowest BCUT2D eigenvalue weighted by atomic mass is 9.73. The van der Waals surface area contributed by atoms with E-state index in [2.05, 4.69) is 54.8 Å². The molecule has 5 heteroatoms. The first-order chi connectivity index (χ1) is 11.2. The van der Waals surface area contributed by atoms with Crippen LogP contribution in [0.15, 0.2) is 36.4 Å². The summed E-state index contributed by atoms with van der Waals surface area (Å²) in [6, 6.07) is 7.53. The van der Waals surface area contributed by atoms with Crippen LogP contribution >= 0.6 is 22.6 Å². The van der Waals surface area contributed by atoms with Crippen molar-refractivity contribution < 1.29 is 14.7 Å². The van der Waals surface area contributed by atoms with Crippen LogP contribution in [0.5, 0.6) is 0 Å². The van der Waals surface area contributed by atoms with Crippen LogP contribution in [0.4, 0.5) is 5.69 Å². The highest BCUT2D eigenvalue weighted by Gasteiger charge is 2.60. The fourth-order valence-electron chi connectivity index (χ4n) is 4.49. The molecule has 0 heterocycles. The normalized spacial score (nSPS) is 31.2. The van der Waals surface area contributed by atoms with E-state index < -0.39 is 17.8 Å². The van der Waals surface area contributed by atoms with Crippen molar-refractivity contribution in [1.82, 2.24) is 0 Å². The summed E-state index contributed by atoms with van der Waals surface area (Å²) in [5, 5.41) is 12.6. The quantitative estimate of drug-likeness (QED) is 0.552. The Bertz CT molecular complexity index is 690. The molecule has 1 fully saturated rings. The molecule has 2 aliphatic rings. The Balaban J connectivity index is 1.88. The number of aliphatic carboxylic acids is 1. The minimum atomic E-state index is -0.871. The number of carboxylic acid groups (broad SMARTS) is 1. The van der Waals surface area contributed by atoms with Gasteiger partial charge in [-0.1, -0.05) is 32.9 Å². The van der Waals surface area contributed by atoms with Gasteiger partial charge in [0.15, 0.2) is 0 Å². The molecule has 1 saturated carbocycles. The number of allylic oxidation sites excluding steroid dienone is 2. The van der Waals surface area contributed by atoms with E-state index in [9.17, 15) is 14.7 Å². The van der Waals surface area contributed by atoms with Gasteiger partial charge in [-0.2, -0.15) is 0 Å². The fourth-order valence-corrected chi connectivity index (χ4v) is 4.85. The molecular formula is C19H22INO3. The van der Waals surface area contributed by atoms with Gasteiger partial charge < -0.3 is 10.4 Å². The molecule has 128 valence electrons. The van der Waals surface area contributed by atoms with Crippen molar-refractivity contribution in [2.45, 2.75) is 20.8 Å². The topological polar surface area (TPSA) is 66.4 Å². The molecule has 24 heavy (non-hydrogen) atoms. The Morgan fingerprint density at radius 1 is 1.04 bits per heavy atom. The molecule has 3 rings (SSSR count). The van der Waals surface area contributed by atoms with Crippen LogP contribution in [0.3, 0.4) is 0 Å². The summed E-state index contributed by atoms with van der Waals surface area (Å²) in [5.41, 5.74) is 0.674. The first-order valence-electron chi connectivity index (χ1n) is 8.17. The maximum absolute atomic E-state index is 12.9. The van der Waals surface area contributed by atoms with Gasteiger partial charge in [-0.3, -0.25) is 9.59 Å². The van der Waals surface area contributed by atoms with Gasteiger partial charge in [-0.15, -0.1) is 0 Å². The molecule has 0 saturated heterocycles. The molecule has 1 aromatic carbocycles. The molecule has 0 spiro atoms. The summed E-state index contributed by atoms with van der Waals surface area (Å²) in [5.74, 6) is -2.11. The molecule has 2 bridgehead atoms. The highest BCUT2D eigenvalue weighted by Crippen LogP contribution is 2.58. The standard InChI is InChI=1S/C19H22INO3/c1-19(2,3)16-12-8-9-13(16)15(18(23)24)14(12)17(22)21-11-6-4-10(20)5-7-11/h4-9,12-16H,1-3H3,(H,21,22)(H,23,24). The second-order valence-corrected chi connectivity index (χ2v) is 9.06. The average molecular weight is 439 g/mol. The van der Waals surface area contributed by atoms with Gasteiger partial charge in [-0.05, 0) is 70.0 Å². The number of amides is 1. The van der Waals surface area contributed by atoms with Crippen LogP contribution in [-0.2, 0) is 9.59 Å². The van der Waals surface area contributed by atoms with Gasteiger partial charge in [-0.25, -0.2) is 0 Å². The fraction of sp³-hybridized carbons (Fsp3) is 0.474. The van der Waals surface area contributed by atoms with Crippen LogP contribution in [-0.4, -0.2) is 17.0 Å². The summed E-state index contributed by atoms with van der Waals surface area (Å²) in [4.78, 5) is 24.7. The number of hydrogen-bond donors (Lipinski definition) is 2. The maximum Gasteiger partial charge on any atom is 0.307 e. The third-order valence-corrected chi connectivity index (χ3v) is 6.02. The maximum atomic E-state index is 12.9. The number of hydrogen-bond acceptors (Lipinski definition) is 2. The number of fused-ring (bicyclic) bond motifs is 2. The molecule has 2 N–H and O–H groups in total. The first-order valence-corrected chi connectivity index (χ1v) is 9.25. The Kier molecular flexibility index (Phi) is 4.49. The van der Waals surface area contributed by atoms with Crippen molar-refractivity contribution in [3.8, 4) is 0 Å². The monoisotopic (exact) mass is 439 g/mol. The summed E-state index contributed by atoms with van der Waals surface area (Å²) < 4.78 is 1.09. The smallest absolute Gasteiger partial charge is 0.307 e. The lowest BCUT2D eigenvalue weighted by Crippen LogP contribution is -2.36. The number of carboxylic acids is 1. The first kappa shape index (κ1) is 17.5. The highest BCUT2D eigenvalue weighted by molar-refractivity contribution is 14.1. The second kappa shape index (κ2) is 6.17. The third-order valence-electron chi connectivity index (χ3n) is 5.30. The molecule has 4 nitrogen and oxygen atoms in total. The molecule has 0 radical (unpaired) electrons. The predicted octanol–water partition coefficient (Wildman–Crippen LogP) is 4.02. The Hall–Kier alpha value is -1.37. The minimum Gasteiger partial charge on any atom is -0.481 e. The van der Waals surface area contributed by atoms with E-state index in [1.165, 1.54) is 0 Å². The summed E-state index contributed by atoms with van der Waals surface area (Å²) in [6.07, 6.45) is 4.06. The lowest BCUT2D eigenvalue weighted by Gasteiger charge is -2.31. The summed E-state index contributed by atoms with van der Waals surface area (Å²) in [6.45, 7) is 6.38. The molecule has 0 aliphatic heterocycles. The van der Waals surface area contributed by atoms with Crippen LogP contribution in [0, 0.1) is 38.6 Å². The van der Waals surface area contributed by atoms with E-state index in [1.807, 2.05) is 30.3 Å². The van der Waals surface area contributed by atoms with Gasteiger partial charge in [0.2, 0.25) is 5.91 Å². The van der Waals surface area contributed by atoms with E-state index in [0.717, 1.165) is 3.57 Å². The molecule has 1 aromatic rings. The number of nitrogens with one attached hydrogen (secondary N) is 1. The van der Waals surface area contributed by atoms with Crippen LogP contribution < -0.4 is 5.32 Å². The van der Waals surface area contributed by atoms with Crippen LogP contribution in [0.25, 0.3) is 0 Å². The number of benzene rings is 1. The van der Waals surface area contributed by atoms with Crippen molar-refractivity contribution >= 4 is 40.2 Å². The molecule has 1 amide bonds. The van der Waals surface area contributed by atoms with Crippen molar-refractivity contribution in [2.24, 2.45) is 35.0 Å². The zero-order valence-corrected chi connectivity index (χ0v) is 16.2. The average Bonchev–Trinajstić information content (AvgIpc) is 3.05. The molecule has 5 unspecified atom stereocenters. The number of halogens is 1. The van der Waals surface area contributed by atoms with Gasteiger partial charge in [0.1, 0.15) is 0 Å². The van der Waals surface area contributed by atoms with Gasteiger partial charge in [0, 0.05) is 9.26 Å². The van der Waals surface area contributed by atoms with Crippen molar-refractivity contribution in [3.05, 3.63) is 40.0 Å². The zero-order chi connectivity index (χ0) is 17.6. The SMILES string of the molecule is CC(C)(C)C1C2C=CC1C(C(=O)Nc1ccc(I)cc1)C2C(=O)O. The van der Waals surface area contributed by atoms with E-state index in [-0.39, 0.29) is 29.1 Å². The number of carbonyl (C=O) groups is 2. The minimum absolute atomic E-state index is 0.0139. The Morgan fingerprint density at radius 3 is 2.08 bits per heavy atom. The lowest BCUT2D eigenvalue weighted by molar-refractivity contribution is -0.146. The van der Waals surface area contributed by atoms with Crippen molar-refractivity contribution in [3.63, 3.8) is 0 Å². The largest absolute Gasteiger partial charge is 0.481 e. The molecular weight excluding hydrogens is 417 g/mol. The molecule has 0 aromatic heterocycles. The Labute approximate surface area is 155 Å². The van der Waals surface area contributed by atoms with Gasteiger partial charge >= 0.3 is 5.97 Å². The van der Waals surface area contributed by atoms with Crippen LogP contribution in [0.2, 0.25) is 0 Å². The highest BCUT2D eigenvalue weighted by atomic mass is 127. The van der Waals surface area contributed by atoms with Gasteiger partial charge in [0.05, 0.1) is 11.8 Å². The van der Waals surface area contributed by atoms with E-state index in [1.54, 1.807) is 0 Å². The summed E-state index contributed by atoms with van der Waals surface area (Å²) >= 11 is 2.21.